The summed E-state index contributed by atoms with van der Waals surface area (Å²) in [6.07, 6.45) is 0.462. The summed E-state index contributed by atoms with van der Waals surface area (Å²) in [6, 6.07) is 1.42. The van der Waals surface area contributed by atoms with Crippen molar-refractivity contribution >= 4 is 0 Å². The van der Waals surface area contributed by atoms with Crippen molar-refractivity contribution in [3.63, 3.8) is 0 Å². The summed E-state index contributed by atoms with van der Waals surface area (Å²) < 4.78 is 7.02. The number of aromatic nitrogens is 1. The minimum absolute atomic E-state index is 0.211. The first kappa shape index (κ1) is 11.8. The molecule has 0 bridgehead atoms. The lowest BCUT2D eigenvalue weighted by Crippen LogP contribution is -2.17. The van der Waals surface area contributed by atoms with Crippen molar-refractivity contribution in [2.45, 2.75) is 26.4 Å². The molecule has 4 nitrogen and oxygen atoms in total. The van der Waals surface area contributed by atoms with Crippen LogP contribution in [0.2, 0.25) is 0 Å². The number of nitrogens with zero attached hydrogens (tertiary/aromatic N) is 1. The van der Waals surface area contributed by atoms with Gasteiger partial charge in [-0.15, -0.1) is 0 Å². The summed E-state index contributed by atoms with van der Waals surface area (Å²) in [7, 11) is 3.38. The van der Waals surface area contributed by atoms with Gasteiger partial charge in [0.2, 0.25) is 5.43 Å². The number of pyridine rings is 1. The fraction of sp³-hybridized carbons (Fsp3) is 0.545. The maximum absolute atomic E-state index is 11.4. The molecule has 0 aliphatic carbocycles. The first-order valence-corrected chi connectivity index (χ1v) is 4.95. The second kappa shape index (κ2) is 4.49. The van der Waals surface area contributed by atoms with Crippen molar-refractivity contribution in [2.24, 2.45) is 7.05 Å². The Morgan fingerprint density at radius 2 is 2.20 bits per heavy atom. The van der Waals surface area contributed by atoms with Crippen LogP contribution in [0.4, 0.5) is 0 Å². The van der Waals surface area contributed by atoms with Crippen molar-refractivity contribution in [2.75, 3.05) is 7.11 Å². The molecule has 1 aromatic rings. The first-order chi connectivity index (χ1) is 7.02. The Morgan fingerprint density at radius 1 is 1.60 bits per heavy atom. The molecule has 1 aromatic heterocycles. The van der Waals surface area contributed by atoms with E-state index in [2.05, 4.69) is 0 Å². The maximum Gasteiger partial charge on any atom is 0.223 e. The minimum atomic E-state index is -0.351. The van der Waals surface area contributed by atoms with Gasteiger partial charge in [0.05, 0.1) is 5.69 Å². The molecule has 0 amide bonds. The fourth-order valence-corrected chi connectivity index (χ4v) is 1.67. The van der Waals surface area contributed by atoms with Crippen LogP contribution in [0.15, 0.2) is 10.9 Å². The molecule has 4 heteroatoms. The smallest absolute Gasteiger partial charge is 0.223 e. The molecule has 1 unspecified atom stereocenters. The number of hydrogen-bond donors (Lipinski definition) is 1. The third-order valence-electron chi connectivity index (χ3n) is 2.67. The van der Waals surface area contributed by atoms with E-state index in [0.29, 0.717) is 12.1 Å². The second-order valence-electron chi connectivity index (χ2n) is 3.58. The van der Waals surface area contributed by atoms with E-state index in [1.165, 1.54) is 6.07 Å². The predicted molar refractivity (Wildman–Crippen MR) is 58.1 cm³/mol. The molecule has 0 saturated heterocycles. The fourth-order valence-electron chi connectivity index (χ4n) is 1.67. The molecule has 0 aliphatic heterocycles. The van der Waals surface area contributed by atoms with Crippen molar-refractivity contribution in [3.8, 4) is 5.75 Å². The molecular weight excluding hydrogens is 194 g/mol. The third-order valence-corrected chi connectivity index (χ3v) is 2.67. The van der Waals surface area contributed by atoms with Crippen LogP contribution in [-0.4, -0.2) is 16.8 Å². The highest BCUT2D eigenvalue weighted by atomic mass is 16.5. The minimum Gasteiger partial charge on any atom is -0.503 e. The Balaban J connectivity index is 3.44. The summed E-state index contributed by atoms with van der Waals surface area (Å²) in [5.41, 5.74) is 1.00. The molecular formula is C11H17NO3. The molecule has 0 aromatic carbocycles. The Kier molecular flexibility index (Phi) is 3.52. The van der Waals surface area contributed by atoms with Gasteiger partial charge in [0.1, 0.15) is 6.10 Å². The van der Waals surface area contributed by atoms with Crippen molar-refractivity contribution in [1.82, 2.24) is 4.57 Å². The number of aryl methyl sites for hydroxylation is 1. The van der Waals surface area contributed by atoms with Crippen molar-refractivity contribution in [3.05, 3.63) is 27.7 Å². The molecule has 0 radical (unpaired) electrons. The van der Waals surface area contributed by atoms with Crippen molar-refractivity contribution in [1.29, 1.82) is 0 Å². The van der Waals surface area contributed by atoms with Gasteiger partial charge >= 0.3 is 0 Å². The van der Waals surface area contributed by atoms with E-state index in [1.807, 2.05) is 20.9 Å². The average molecular weight is 211 g/mol. The Labute approximate surface area is 89.1 Å². The third kappa shape index (κ3) is 2.04. The van der Waals surface area contributed by atoms with Gasteiger partial charge in [-0.1, -0.05) is 6.92 Å². The molecule has 0 spiro atoms. The molecule has 1 heterocycles. The predicted octanol–water partition coefficient (Wildman–Crippen LogP) is 1.50. The van der Waals surface area contributed by atoms with Crippen LogP contribution < -0.4 is 5.43 Å². The van der Waals surface area contributed by atoms with E-state index in [9.17, 15) is 9.90 Å². The van der Waals surface area contributed by atoms with E-state index in [0.717, 1.165) is 5.69 Å². The van der Waals surface area contributed by atoms with E-state index >= 15 is 0 Å². The summed E-state index contributed by atoms with van der Waals surface area (Å²) in [4.78, 5) is 11.4. The normalized spacial score (nSPS) is 12.8. The molecule has 1 atom stereocenters. The summed E-state index contributed by atoms with van der Waals surface area (Å²) in [6.45, 7) is 3.77. The van der Waals surface area contributed by atoms with Crippen LogP contribution in [-0.2, 0) is 11.8 Å². The zero-order valence-corrected chi connectivity index (χ0v) is 9.57. The maximum atomic E-state index is 11.4. The quantitative estimate of drug-likeness (QED) is 0.824. The first-order valence-electron chi connectivity index (χ1n) is 4.95. The number of aromatic hydroxyl groups is 1. The lowest BCUT2D eigenvalue weighted by molar-refractivity contribution is 0.0904. The zero-order valence-electron chi connectivity index (χ0n) is 9.57. The van der Waals surface area contributed by atoms with E-state index in [-0.39, 0.29) is 17.3 Å². The van der Waals surface area contributed by atoms with Crippen molar-refractivity contribution < 1.29 is 9.84 Å². The van der Waals surface area contributed by atoms with E-state index < -0.39 is 0 Å². The van der Waals surface area contributed by atoms with Crippen LogP contribution >= 0.6 is 0 Å². The molecule has 0 saturated carbocycles. The van der Waals surface area contributed by atoms with Gasteiger partial charge in [-0.3, -0.25) is 4.79 Å². The Morgan fingerprint density at radius 3 is 2.67 bits per heavy atom. The summed E-state index contributed by atoms with van der Waals surface area (Å²) in [5, 5.41) is 9.72. The number of methoxy groups -OCH3 is 1. The topological polar surface area (TPSA) is 51.5 Å². The molecule has 0 aliphatic rings. The summed E-state index contributed by atoms with van der Waals surface area (Å²) in [5.74, 6) is -0.211. The highest BCUT2D eigenvalue weighted by Gasteiger charge is 2.18. The largest absolute Gasteiger partial charge is 0.503 e. The van der Waals surface area contributed by atoms with Crippen LogP contribution in [0.3, 0.4) is 0 Å². The molecule has 84 valence electrons. The molecule has 0 fully saturated rings. The number of hydrogen-bond acceptors (Lipinski definition) is 3. The van der Waals surface area contributed by atoms with Gasteiger partial charge < -0.3 is 14.4 Å². The van der Waals surface area contributed by atoms with Gasteiger partial charge in [0.15, 0.2) is 5.75 Å². The van der Waals surface area contributed by atoms with Gasteiger partial charge in [0.25, 0.3) is 0 Å². The highest BCUT2D eigenvalue weighted by Crippen LogP contribution is 2.26. The molecule has 1 N–H and O–H groups in total. The number of rotatable bonds is 3. The molecule has 15 heavy (non-hydrogen) atoms. The van der Waals surface area contributed by atoms with E-state index in [4.69, 9.17) is 4.74 Å². The second-order valence-corrected chi connectivity index (χ2v) is 3.58. The Hall–Kier alpha value is -1.29. The van der Waals surface area contributed by atoms with Gasteiger partial charge in [-0.05, 0) is 13.3 Å². The summed E-state index contributed by atoms with van der Waals surface area (Å²) >= 11 is 0. The lowest BCUT2D eigenvalue weighted by Gasteiger charge is -2.20. The van der Waals surface area contributed by atoms with Gasteiger partial charge in [0, 0.05) is 25.9 Å². The van der Waals surface area contributed by atoms with Crippen LogP contribution in [0.5, 0.6) is 5.75 Å². The van der Waals surface area contributed by atoms with Crippen LogP contribution in [0, 0.1) is 6.92 Å². The van der Waals surface area contributed by atoms with Gasteiger partial charge in [-0.25, -0.2) is 0 Å². The van der Waals surface area contributed by atoms with Gasteiger partial charge in [-0.2, -0.15) is 0 Å². The SMILES string of the molecule is CCC(OC)c1c(O)c(=O)cc(C)n1C. The molecule has 1 rings (SSSR count). The lowest BCUT2D eigenvalue weighted by atomic mass is 10.1. The zero-order chi connectivity index (χ0) is 11.6. The Bertz CT molecular complexity index is 405. The van der Waals surface area contributed by atoms with Crippen LogP contribution in [0.25, 0.3) is 0 Å². The van der Waals surface area contributed by atoms with E-state index in [1.54, 1.807) is 11.7 Å². The average Bonchev–Trinajstić information content (AvgIpc) is 2.21. The standard InChI is InChI=1S/C11H17NO3/c1-5-9(15-4)10-11(14)8(13)6-7(2)12(10)3/h6,9,14H,5H2,1-4H3. The van der Waals surface area contributed by atoms with Crippen LogP contribution in [0.1, 0.15) is 30.8 Å². The number of ether oxygens (including phenoxy) is 1. The monoisotopic (exact) mass is 211 g/mol. The highest BCUT2D eigenvalue weighted by molar-refractivity contribution is 5.31.